The molecule has 3 rings (SSSR count). The summed E-state index contributed by atoms with van der Waals surface area (Å²) >= 11 is 6.05. The largest absolute Gasteiger partial charge is 0.481 e. The molecule has 5 heteroatoms. The van der Waals surface area contributed by atoms with Gasteiger partial charge in [-0.05, 0) is 81.0 Å². The number of ether oxygens (including phenoxy) is 1. The zero-order valence-corrected chi connectivity index (χ0v) is 18.5. The predicted molar refractivity (Wildman–Crippen MR) is 120 cm³/mol. The molecule has 1 fully saturated rings. The third-order valence-electron chi connectivity index (χ3n) is 5.71. The van der Waals surface area contributed by atoms with Gasteiger partial charge in [-0.25, -0.2) is 0 Å². The monoisotopic (exact) mass is 414 g/mol. The molecule has 0 radical (unpaired) electrons. The van der Waals surface area contributed by atoms with Gasteiger partial charge >= 0.3 is 0 Å². The first-order valence-corrected chi connectivity index (χ1v) is 10.8. The quantitative estimate of drug-likeness (QED) is 0.675. The van der Waals surface area contributed by atoms with Crippen LogP contribution in [0.1, 0.15) is 50.8 Å². The number of piperidine rings is 1. The lowest BCUT2D eigenvalue weighted by molar-refractivity contribution is -0.127. The van der Waals surface area contributed by atoms with Crippen LogP contribution in [-0.4, -0.2) is 25.1 Å². The molecule has 1 aliphatic rings. The van der Waals surface area contributed by atoms with Crippen LogP contribution in [0.5, 0.6) is 5.75 Å². The second-order valence-corrected chi connectivity index (χ2v) is 8.57. The minimum atomic E-state index is -0.590. The molecular weight excluding hydrogens is 384 g/mol. The molecule has 2 aromatic rings. The van der Waals surface area contributed by atoms with E-state index in [1.807, 2.05) is 19.9 Å². The van der Waals surface area contributed by atoms with Crippen LogP contribution in [0.4, 0.5) is 5.69 Å². The Hall–Kier alpha value is -2.20. The highest BCUT2D eigenvalue weighted by atomic mass is 35.5. The maximum absolute atomic E-state index is 12.6. The van der Waals surface area contributed by atoms with Crippen molar-refractivity contribution in [3.63, 3.8) is 0 Å². The number of hydrogen-bond donors (Lipinski definition) is 1. The van der Waals surface area contributed by atoms with Crippen molar-refractivity contribution in [2.75, 3.05) is 18.0 Å². The molecule has 0 unspecified atom stereocenters. The van der Waals surface area contributed by atoms with Gasteiger partial charge in [-0.2, -0.15) is 0 Å². The Kier molecular flexibility index (Phi) is 7.07. The molecular formula is C24H31ClN2O2. The first-order chi connectivity index (χ1) is 13.8. The summed E-state index contributed by atoms with van der Waals surface area (Å²) < 4.78 is 5.78. The molecule has 1 saturated heterocycles. The smallest absolute Gasteiger partial charge is 0.261 e. The third-order valence-corrected chi connectivity index (χ3v) is 6.14. The molecule has 156 valence electrons. The van der Waals surface area contributed by atoms with Gasteiger partial charge in [0, 0.05) is 23.8 Å². The number of carbonyl (C=O) groups excluding carboxylic acids is 1. The molecule has 29 heavy (non-hydrogen) atoms. The van der Waals surface area contributed by atoms with E-state index in [4.69, 9.17) is 16.3 Å². The van der Waals surface area contributed by atoms with Gasteiger partial charge in [-0.15, -0.1) is 0 Å². The highest BCUT2D eigenvalue weighted by molar-refractivity contribution is 6.31. The second kappa shape index (κ2) is 9.53. The topological polar surface area (TPSA) is 41.6 Å². The lowest BCUT2D eigenvalue weighted by Crippen LogP contribution is -2.37. The molecule has 2 atom stereocenters. The van der Waals surface area contributed by atoms with Gasteiger partial charge in [0.15, 0.2) is 6.10 Å². The van der Waals surface area contributed by atoms with Crippen molar-refractivity contribution in [2.45, 2.75) is 52.7 Å². The fraction of sp³-hybridized carbons (Fsp3) is 0.458. The number of hydrogen-bond acceptors (Lipinski definition) is 3. The van der Waals surface area contributed by atoms with Gasteiger partial charge in [-0.1, -0.05) is 30.7 Å². The number of halogens is 1. The molecule has 1 aliphatic heterocycles. The average Bonchev–Trinajstić information content (AvgIpc) is 2.71. The first-order valence-electron chi connectivity index (χ1n) is 10.4. The molecule has 0 saturated carbocycles. The Bertz CT molecular complexity index is 829. The Morgan fingerprint density at radius 3 is 2.41 bits per heavy atom. The number of amides is 1. The normalized spacial score (nSPS) is 16.9. The fourth-order valence-electron chi connectivity index (χ4n) is 3.60. The first kappa shape index (κ1) is 21.5. The number of nitrogens with zero attached hydrogens (tertiary/aromatic N) is 1. The average molecular weight is 415 g/mol. The van der Waals surface area contributed by atoms with Crippen LogP contribution in [0, 0.1) is 12.8 Å². The maximum atomic E-state index is 12.6. The van der Waals surface area contributed by atoms with Gasteiger partial charge in [0.05, 0.1) is 6.04 Å². The van der Waals surface area contributed by atoms with Crippen molar-refractivity contribution in [1.82, 2.24) is 5.32 Å². The fourth-order valence-corrected chi connectivity index (χ4v) is 3.72. The van der Waals surface area contributed by atoms with Gasteiger partial charge in [0.2, 0.25) is 0 Å². The van der Waals surface area contributed by atoms with E-state index in [0.29, 0.717) is 10.8 Å². The summed E-state index contributed by atoms with van der Waals surface area (Å²) in [5.74, 6) is 1.32. The number of nitrogens with one attached hydrogen (secondary N) is 1. The Morgan fingerprint density at radius 2 is 1.79 bits per heavy atom. The summed E-state index contributed by atoms with van der Waals surface area (Å²) in [6.07, 6.45) is 1.91. The summed E-state index contributed by atoms with van der Waals surface area (Å²) in [7, 11) is 0. The van der Waals surface area contributed by atoms with E-state index >= 15 is 0 Å². The lowest BCUT2D eigenvalue weighted by atomic mass is 9.98. The number of aryl methyl sites for hydroxylation is 1. The summed E-state index contributed by atoms with van der Waals surface area (Å²) in [5.41, 5.74) is 3.27. The van der Waals surface area contributed by atoms with Crippen molar-refractivity contribution in [3.8, 4) is 5.75 Å². The van der Waals surface area contributed by atoms with Crippen molar-refractivity contribution >= 4 is 23.2 Å². The highest BCUT2D eigenvalue weighted by Gasteiger charge is 2.19. The van der Waals surface area contributed by atoms with Crippen LogP contribution in [0.3, 0.4) is 0 Å². The van der Waals surface area contributed by atoms with Crippen molar-refractivity contribution in [3.05, 3.63) is 58.6 Å². The number of benzene rings is 2. The van der Waals surface area contributed by atoms with E-state index in [1.165, 1.54) is 18.5 Å². The molecule has 0 aromatic heterocycles. The minimum absolute atomic E-state index is 0.0871. The Morgan fingerprint density at radius 1 is 1.14 bits per heavy atom. The molecule has 1 heterocycles. The third kappa shape index (κ3) is 5.66. The SMILES string of the molecule is Cc1cc(O[C@@H](C)C(=O)N[C@@H](C)c2ccc(N3CCC(C)CC3)cc2)ccc1Cl. The van der Waals surface area contributed by atoms with Crippen molar-refractivity contribution in [1.29, 1.82) is 0 Å². The molecule has 0 spiro atoms. The summed E-state index contributed by atoms with van der Waals surface area (Å²) in [6, 6.07) is 13.8. The number of carbonyl (C=O) groups is 1. The van der Waals surface area contributed by atoms with E-state index in [2.05, 4.69) is 41.4 Å². The summed E-state index contributed by atoms with van der Waals surface area (Å²) in [4.78, 5) is 15.0. The van der Waals surface area contributed by atoms with E-state index < -0.39 is 6.10 Å². The van der Waals surface area contributed by atoms with Crippen molar-refractivity contribution in [2.24, 2.45) is 5.92 Å². The Labute approximate surface area is 179 Å². The van der Waals surface area contributed by atoms with Crippen LogP contribution in [0.25, 0.3) is 0 Å². The van der Waals surface area contributed by atoms with Gasteiger partial charge < -0.3 is 15.0 Å². The zero-order valence-electron chi connectivity index (χ0n) is 17.7. The van der Waals surface area contributed by atoms with Crippen LogP contribution >= 0.6 is 11.6 Å². The van der Waals surface area contributed by atoms with E-state index in [-0.39, 0.29) is 11.9 Å². The predicted octanol–water partition coefficient (Wildman–Crippen LogP) is 5.53. The zero-order chi connectivity index (χ0) is 21.0. The molecule has 0 bridgehead atoms. The molecule has 2 aromatic carbocycles. The maximum Gasteiger partial charge on any atom is 0.261 e. The second-order valence-electron chi connectivity index (χ2n) is 8.16. The summed E-state index contributed by atoms with van der Waals surface area (Å²) in [5, 5.41) is 3.73. The number of anilines is 1. The number of rotatable bonds is 6. The van der Waals surface area contributed by atoms with Crippen LogP contribution in [0.15, 0.2) is 42.5 Å². The van der Waals surface area contributed by atoms with E-state index in [1.54, 1.807) is 19.1 Å². The van der Waals surface area contributed by atoms with Gasteiger partial charge in [-0.3, -0.25) is 4.79 Å². The lowest BCUT2D eigenvalue weighted by Gasteiger charge is -2.32. The van der Waals surface area contributed by atoms with Gasteiger partial charge in [0.1, 0.15) is 5.75 Å². The molecule has 0 aliphatic carbocycles. The summed E-state index contributed by atoms with van der Waals surface area (Å²) in [6.45, 7) is 10.2. The van der Waals surface area contributed by atoms with E-state index in [9.17, 15) is 4.79 Å². The van der Waals surface area contributed by atoms with Crippen molar-refractivity contribution < 1.29 is 9.53 Å². The van der Waals surface area contributed by atoms with Gasteiger partial charge in [0.25, 0.3) is 5.91 Å². The van der Waals surface area contributed by atoms with Crippen LogP contribution < -0.4 is 15.0 Å². The standard InChI is InChI=1S/C24H31ClN2O2/c1-16-11-13-27(14-12-16)21-7-5-20(6-8-21)18(3)26-24(28)19(4)29-22-9-10-23(25)17(2)15-22/h5-10,15-16,18-19H,11-14H2,1-4H3,(H,26,28)/t18-,19-/m0/s1. The minimum Gasteiger partial charge on any atom is -0.481 e. The molecule has 1 amide bonds. The molecule has 1 N–H and O–H groups in total. The van der Waals surface area contributed by atoms with Crippen LogP contribution in [0.2, 0.25) is 5.02 Å². The van der Waals surface area contributed by atoms with E-state index in [0.717, 1.165) is 30.1 Å². The highest BCUT2D eigenvalue weighted by Crippen LogP contribution is 2.25. The molecule has 4 nitrogen and oxygen atoms in total. The van der Waals surface area contributed by atoms with Crippen LogP contribution in [-0.2, 0) is 4.79 Å². The Balaban J connectivity index is 1.55.